The number of halogens is 2. The first kappa shape index (κ1) is 21.6. The largest absolute Gasteiger partial charge is 0.466 e. The van der Waals surface area contributed by atoms with E-state index in [1.165, 1.54) is 0 Å². The summed E-state index contributed by atoms with van der Waals surface area (Å²) in [4.78, 5) is 15.3. The molecule has 2 fully saturated rings. The zero-order valence-electron chi connectivity index (χ0n) is 17.3. The van der Waals surface area contributed by atoms with Crippen LogP contribution in [-0.4, -0.2) is 42.7 Å². The van der Waals surface area contributed by atoms with E-state index >= 15 is 0 Å². The fraction of sp³-hybridized carbons (Fsp3) is 0.458. The summed E-state index contributed by atoms with van der Waals surface area (Å²) < 4.78 is 12.2. The second kappa shape index (κ2) is 9.27. The molecule has 0 saturated carbocycles. The van der Waals surface area contributed by atoms with Crippen LogP contribution in [0, 0.1) is 5.92 Å². The number of ether oxygens (including phenoxy) is 2. The third-order valence-corrected chi connectivity index (χ3v) is 6.93. The van der Waals surface area contributed by atoms with Crippen molar-refractivity contribution < 1.29 is 14.3 Å². The van der Waals surface area contributed by atoms with Gasteiger partial charge in [0.15, 0.2) is 0 Å². The lowest BCUT2D eigenvalue weighted by atomic mass is 9.87. The summed E-state index contributed by atoms with van der Waals surface area (Å²) in [5.74, 6) is -0.457. The minimum Gasteiger partial charge on any atom is -0.466 e. The topological polar surface area (TPSA) is 38.8 Å². The van der Waals surface area contributed by atoms with Crippen molar-refractivity contribution in [3.63, 3.8) is 0 Å². The lowest BCUT2D eigenvalue weighted by Gasteiger charge is -2.42. The van der Waals surface area contributed by atoms with Crippen LogP contribution in [0.2, 0.25) is 10.0 Å². The maximum absolute atomic E-state index is 12.9. The van der Waals surface area contributed by atoms with Crippen LogP contribution in [0.1, 0.15) is 43.4 Å². The first-order valence-electron chi connectivity index (χ1n) is 10.5. The summed E-state index contributed by atoms with van der Waals surface area (Å²) >= 11 is 12.2. The van der Waals surface area contributed by atoms with Crippen molar-refractivity contribution in [1.82, 2.24) is 4.90 Å². The molecule has 0 unspecified atom stereocenters. The van der Waals surface area contributed by atoms with Crippen molar-refractivity contribution in [3.8, 4) is 0 Å². The zero-order valence-corrected chi connectivity index (χ0v) is 18.8. The van der Waals surface area contributed by atoms with Gasteiger partial charge in [0.25, 0.3) is 0 Å². The summed E-state index contributed by atoms with van der Waals surface area (Å²) in [5, 5.41) is 1.35. The maximum atomic E-state index is 12.9. The quantitative estimate of drug-likeness (QED) is 0.546. The summed E-state index contributed by atoms with van der Waals surface area (Å²) in [7, 11) is 2.11. The number of piperidine rings is 1. The number of hydrogen-bond donors (Lipinski definition) is 0. The first-order chi connectivity index (χ1) is 14.5. The smallest absolute Gasteiger partial charge is 0.313 e. The summed E-state index contributed by atoms with van der Waals surface area (Å²) in [6.45, 7) is 2.22. The van der Waals surface area contributed by atoms with Gasteiger partial charge in [-0.3, -0.25) is 9.69 Å². The molecule has 4 atom stereocenters. The van der Waals surface area contributed by atoms with Gasteiger partial charge < -0.3 is 9.47 Å². The van der Waals surface area contributed by atoms with Gasteiger partial charge in [-0.05, 0) is 68.6 Å². The van der Waals surface area contributed by atoms with Crippen molar-refractivity contribution >= 4 is 29.2 Å². The molecule has 0 radical (unpaired) electrons. The number of fused-ring (bicyclic) bond motifs is 2. The molecular formula is C24H27Cl2NO3. The van der Waals surface area contributed by atoms with Gasteiger partial charge in [0, 0.05) is 22.1 Å². The van der Waals surface area contributed by atoms with E-state index in [1.807, 2.05) is 55.5 Å². The molecule has 160 valence electrons. The Kier molecular flexibility index (Phi) is 6.69. The van der Waals surface area contributed by atoms with E-state index < -0.39 is 0 Å². The lowest BCUT2D eigenvalue weighted by molar-refractivity contribution is -0.164. The second-order valence-electron chi connectivity index (χ2n) is 8.14. The number of rotatable bonds is 6. The fourth-order valence-corrected chi connectivity index (χ4v) is 5.16. The van der Waals surface area contributed by atoms with Gasteiger partial charge in [-0.15, -0.1) is 0 Å². The van der Waals surface area contributed by atoms with Gasteiger partial charge in [-0.2, -0.15) is 0 Å². The number of carbonyl (C=O) groups is 1. The monoisotopic (exact) mass is 447 g/mol. The molecule has 0 N–H and O–H groups in total. The molecule has 6 heteroatoms. The highest BCUT2D eigenvalue weighted by atomic mass is 35.5. The minimum atomic E-state index is -0.315. The third kappa shape index (κ3) is 4.38. The summed E-state index contributed by atoms with van der Waals surface area (Å²) in [5.41, 5.74) is 1.99. The van der Waals surface area contributed by atoms with Gasteiger partial charge in [-0.25, -0.2) is 0 Å². The number of carbonyl (C=O) groups excluding carboxylic acids is 1. The second-order valence-corrected chi connectivity index (χ2v) is 9.01. The Hall–Kier alpha value is -1.59. The predicted molar refractivity (Wildman–Crippen MR) is 119 cm³/mol. The fourth-order valence-electron chi connectivity index (χ4n) is 4.91. The highest BCUT2D eigenvalue weighted by molar-refractivity contribution is 6.30. The summed E-state index contributed by atoms with van der Waals surface area (Å²) in [6, 6.07) is 16.0. The Balaban J connectivity index is 1.67. The third-order valence-electron chi connectivity index (χ3n) is 6.43. The van der Waals surface area contributed by atoms with Crippen molar-refractivity contribution in [2.24, 2.45) is 5.92 Å². The standard InChI is InChI=1S/C24H27Cl2NO3/c1-3-29-24(28)22-20-13-12-19(27(20)2)14-21(22)30-23(15-4-8-17(25)9-5-15)16-6-10-18(26)11-7-16/h4-11,19-23H,3,12-14H2,1-2H3/t19-,20+,21+,22+/m0/s1. The average molecular weight is 448 g/mol. The molecule has 30 heavy (non-hydrogen) atoms. The molecular weight excluding hydrogens is 421 g/mol. The molecule has 0 amide bonds. The van der Waals surface area contributed by atoms with E-state index in [0.29, 0.717) is 22.7 Å². The van der Waals surface area contributed by atoms with Crippen LogP contribution in [0.5, 0.6) is 0 Å². The van der Waals surface area contributed by atoms with E-state index in [4.69, 9.17) is 32.7 Å². The Morgan fingerprint density at radius 1 is 1.03 bits per heavy atom. The maximum Gasteiger partial charge on any atom is 0.313 e. The lowest BCUT2D eigenvalue weighted by Crippen LogP contribution is -2.53. The van der Waals surface area contributed by atoms with Crippen molar-refractivity contribution in [2.75, 3.05) is 13.7 Å². The van der Waals surface area contributed by atoms with Gasteiger partial charge in [0.2, 0.25) is 0 Å². The van der Waals surface area contributed by atoms with Crippen LogP contribution in [-0.2, 0) is 14.3 Å². The minimum absolute atomic E-state index is 0.156. The molecule has 2 aromatic rings. The Morgan fingerprint density at radius 2 is 1.60 bits per heavy atom. The van der Waals surface area contributed by atoms with Gasteiger partial charge in [0.1, 0.15) is 6.10 Å². The van der Waals surface area contributed by atoms with Crippen molar-refractivity contribution in [3.05, 3.63) is 69.7 Å². The van der Waals surface area contributed by atoms with Gasteiger partial charge >= 0.3 is 5.97 Å². The molecule has 2 saturated heterocycles. The molecule has 4 rings (SSSR count). The molecule has 2 aliphatic heterocycles. The van der Waals surface area contributed by atoms with Crippen LogP contribution in [0.25, 0.3) is 0 Å². The van der Waals surface area contributed by atoms with Crippen LogP contribution in [0.15, 0.2) is 48.5 Å². The molecule has 2 heterocycles. The molecule has 4 nitrogen and oxygen atoms in total. The van der Waals surface area contributed by atoms with E-state index in [9.17, 15) is 4.79 Å². The van der Waals surface area contributed by atoms with Crippen LogP contribution in [0.4, 0.5) is 0 Å². The van der Waals surface area contributed by atoms with E-state index in [2.05, 4.69) is 11.9 Å². The van der Waals surface area contributed by atoms with Gasteiger partial charge in [-0.1, -0.05) is 47.5 Å². The Labute approximate surface area is 188 Å². The number of hydrogen-bond acceptors (Lipinski definition) is 4. The average Bonchev–Trinajstić information content (AvgIpc) is 2.97. The number of benzene rings is 2. The molecule has 2 aromatic carbocycles. The van der Waals surface area contributed by atoms with Crippen LogP contribution >= 0.6 is 23.2 Å². The van der Waals surface area contributed by atoms with Gasteiger partial charge in [0.05, 0.1) is 18.6 Å². The van der Waals surface area contributed by atoms with E-state index in [-0.39, 0.29) is 30.1 Å². The Morgan fingerprint density at radius 3 is 2.13 bits per heavy atom. The van der Waals surface area contributed by atoms with Crippen LogP contribution in [0.3, 0.4) is 0 Å². The normalized spacial score (nSPS) is 26.2. The summed E-state index contributed by atoms with van der Waals surface area (Å²) in [6.07, 6.45) is 2.37. The van der Waals surface area contributed by atoms with Crippen LogP contribution < -0.4 is 0 Å². The van der Waals surface area contributed by atoms with E-state index in [0.717, 1.165) is 30.4 Å². The molecule has 0 spiro atoms. The zero-order chi connectivity index (χ0) is 21.3. The Bertz CT molecular complexity index is 826. The molecule has 2 aliphatic rings. The number of nitrogens with zero attached hydrogens (tertiary/aromatic N) is 1. The van der Waals surface area contributed by atoms with E-state index in [1.54, 1.807) is 0 Å². The highest BCUT2D eigenvalue weighted by Crippen LogP contribution is 2.42. The molecule has 2 bridgehead atoms. The molecule has 0 aliphatic carbocycles. The first-order valence-corrected chi connectivity index (χ1v) is 11.3. The van der Waals surface area contributed by atoms with Crippen molar-refractivity contribution in [2.45, 2.75) is 50.5 Å². The number of esters is 1. The highest BCUT2D eigenvalue weighted by Gasteiger charge is 2.50. The predicted octanol–water partition coefficient (Wildman–Crippen LogP) is 5.51. The van der Waals surface area contributed by atoms with Crippen molar-refractivity contribution in [1.29, 1.82) is 0 Å². The molecule has 0 aromatic heterocycles. The SMILES string of the molecule is CCOC(=O)[C@@H]1[C@H]2CC[C@@H](C[C@H]1OC(c1ccc(Cl)cc1)c1ccc(Cl)cc1)N2C.